The third-order valence-electron chi connectivity index (χ3n) is 3.29. The second kappa shape index (κ2) is 7.49. The van der Waals surface area contributed by atoms with E-state index in [-0.39, 0.29) is 0 Å². The summed E-state index contributed by atoms with van der Waals surface area (Å²) in [5, 5.41) is 11.2. The molecule has 2 aromatic carbocycles. The largest absolute Gasteiger partial charge is 0.325 e. The van der Waals surface area contributed by atoms with Crippen molar-refractivity contribution in [3.63, 3.8) is 0 Å². The van der Waals surface area contributed by atoms with Crippen LogP contribution in [0.1, 0.15) is 12.5 Å². The van der Waals surface area contributed by atoms with Crippen LogP contribution in [0, 0.1) is 28.8 Å². The van der Waals surface area contributed by atoms with E-state index in [2.05, 4.69) is 5.32 Å². The summed E-state index contributed by atoms with van der Waals surface area (Å²) in [6, 6.07) is 9.38. The van der Waals surface area contributed by atoms with Gasteiger partial charge in [-0.2, -0.15) is 5.26 Å². The Labute approximate surface area is 141 Å². The van der Waals surface area contributed by atoms with Gasteiger partial charge in [-0.1, -0.05) is 0 Å². The molecule has 0 aliphatic heterocycles. The number of carbonyl (C=O) groups is 2. The van der Waals surface area contributed by atoms with Crippen LogP contribution in [0.3, 0.4) is 0 Å². The Morgan fingerprint density at radius 3 is 2.28 bits per heavy atom. The molecule has 5 nitrogen and oxygen atoms in total. The molecule has 0 bridgehead atoms. The first-order valence-electron chi connectivity index (χ1n) is 7.05. The first-order valence-corrected chi connectivity index (χ1v) is 7.05. The number of anilines is 2. The Morgan fingerprint density at radius 2 is 1.72 bits per heavy atom. The molecule has 0 atom stereocenters. The van der Waals surface area contributed by atoms with E-state index in [1.54, 1.807) is 0 Å². The van der Waals surface area contributed by atoms with Gasteiger partial charge in [-0.3, -0.25) is 9.59 Å². The minimum absolute atomic E-state index is 0.360. The maximum absolute atomic E-state index is 13.9. The predicted molar refractivity (Wildman–Crippen MR) is 84.1 cm³/mol. The lowest BCUT2D eigenvalue weighted by Gasteiger charge is -2.21. The molecule has 2 amide bonds. The summed E-state index contributed by atoms with van der Waals surface area (Å²) >= 11 is 0. The average molecular weight is 347 g/mol. The first kappa shape index (κ1) is 18.0. The van der Waals surface area contributed by atoms with Crippen LogP contribution in [0.25, 0.3) is 0 Å². The third kappa shape index (κ3) is 4.14. The summed E-state index contributed by atoms with van der Waals surface area (Å²) in [6.07, 6.45) is 0. The highest BCUT2D eigenvalue weighted by molar-refractivity contribution is 6.01. The zero-order valence-electron chi connectivity index (χ0n) is 13.0. The predicted octanol–water partition coefficient (Wildman–Crippen LogP) is 2.97. The normalized spacial score (nSPS) is 10.0. The number of rotatable bonds is 4. The van der Waals surface area contributed by atoms with Crippen molar-refractivity contribution in [3.8, 4) is 6.07 Å². The zero-order valence-corrected chi connectivity index (χ0v) is 13.0. The van der Waals surface area contributed by atoms with Gasteiger partial charge in [0.2, 0.25) is 11.8 Å². The molecule has 0 spiro atoms. The minimum atomic E-state index is -1.73. The van der Waals surface area contributed by atoms with Crippen molar-refractivity contribution < 1.29 is 22.8 Å². The molecule has 0 aliphatic carbocycles. The lowest BCUT2D eigenvalue weighted by Crippen LogP contribution is -2.37. The fourth-order valence-electron chi connectivity index (χ4n) is 2.06. The van der Waals surface area contributed by atoms with Crippen molar-refractivity contribution in [2.75, 3.05) is 16.8 Å². The van der Waals surface area contributed by atoms with Gasteiger partial charge in [-0.15, -0.1) is 0 Å². The molecule has 0 aromatic heterocycles. The number of hydrogen-bond donors (Lipinski definition) is 1. The van der Waals surface area contributed by atoms with Crippen LogP contribution < -0.4 is 10.2 Å². The van der Waals surface area contributed by atoms with E-state index in [0.29, 0.717) is 22.2 Å². The minimum Gasteiger partial charge on any atom is -0.325 e. The van der Waals surface area contributed by atoms with Crippen molar-refractivity contribution in [2.24, 2.45) is 0 Å². The number of nitrogens with one attached hydrogen (secondary N) is 1. The molecule has 0 radical (unpaired) electrons. The Balaban J connectivity index is 2.19. The first-order chi connectivity index (χ1) is 11.8. The fraction of sp³-hybridized carbons (Fsp3) is 0.118. The second-order valence-electron chi connectivity index (χ2n) is 5.04. The van der Waals surface area contributed by atoms with Crippen LogP contribution in [0.4, 0.5) is 24.5 Å². The standard InChI is InChI=1S/C17H12F3N3O2/c1-10(24)23(14-7-6-13(18)16(19)17(14)20)9-15(25)22-12-4-2-11(8-21)3-5-12/h2-7H,9H2,1H3,(H,22,25). The number of hydrogen-bond acceptors (Lipinski definition) is 3. The topological polar surface area (TPSA) is 73.2 Å². The lowest BCUT2D eigenvalue weighted by molar-refractivity contribution is -0.120. The SMILES string of the molecule is CC(=O)N(CC(=O)Nc1ccc(C#N)cc1)c1ccc(F)c(F)c1F. The Morgan fingerprint density at radius 1 is 1.08 bits per heavy atom. The molecule has 8 heteroatoms. The monoisotopic (exact) mass is 347 g/mol. The van der Waals surface area contributed by atoms with E-state index in [0.717, 1.165) is 13.0 Å². The molecule has 0 saturated heterocycles. The molecule has 0 fully saturated rings. The van der Waals surface area contributed by atoms with Gasteiger partial charge in [0.05, 0.1) is 17.3 Å². The number of halogens is 3. The smallest absolute Gasteiger partial charge is 0.244 e. The third-order valence-corrected chi connectivity index (χ3v) is 3.29. The van der Waals surface area contributed by atoms with Gasteiger partial charge in [0.1, 0.15) is 6.54 Å². The molecule has 1 N–H and O–H groups in total. The Kier molecular flexibility index (Phi) is 5.39. The second-order valence-corrected chi connectivity index (χ2v) is 5.04. The number of carbonyl (C=O) groups excluding carboxylic acids is 2. The van der Waals surface area contributed by atoms with Crippen molar-refractivity contribution in [1.29, 1.82) is 5.26 Å². The summed E-state index contributed by atoms with van der Waals surface area (Å²) < 4.78 is 40.2. The van der Waals surface area contributed by atoms with E-state index in [4.69, 9.17) is 5.26 Å². The molecule has 0 unspecified atom stereocenters. The number of amides is 2. The van der Waals surface area contributed by atoms with Crippen molar-refractivity contribution >= 4 is 23.2 Å². The van der Waals surface area contributed by atoms with Crippen LogP contribution in [-0.4, -0.2) is 18.4 Å². The summed E-state index contributed by atoms with van der Waals surface area (Å²) in [4.78, 5) is 24.4. The van der Waals surface area contributed by atoms with Crippen LogP contribution >= 0.6 is 0 Å². The average Bonchev–Trinajstić information content (AvgIpc) is 2.59. The quantitative estimate of drug-likeness (QED) is 0.864. The van der Waals surface area contributed by atoms with Gasteiger partial charge in [-0.05, 0) is 36.4 Å². The lowest BCUT2D eigenvalue weighted by atomic mass is 10.2. The highest BCUT2D eigenvalue weighted by Crippen LogP contribution is 2.24. The van der Waals surface area contributed by atoms with E-state index in [9.17, 15) is 22.8 Å². The van der Waals surface area contributed by atoms with Crippen LogP contribution in [-0.2, 0) is 9.59 Å². The van der Waals surface area contributed by atoms with Gasteiger partial charge in [-0.25, -0.2) is 13.2 Å². The van der Waals surface area contributed by atoms with E-state index in [1.807, 2.05) is 6.07 Å². The van der Waals surface area contributed by atoms with Crippen molar-refractivity contribution in [1.82, 2.24) is 0 Å². The van der Waals surface area contributed by atoms with E-state index in [1.165, 1.54) is 24.3 Å². The summed E-state index contributed by atoms with van der Waals surface area (Å²) in [5.74, 6) is -6.08. The summed E-state index contributed by atoms with van der Waals surface area (Å²) in [7, 11) is 0. The number of nitriles is 1. The van der Waals surface area contributed by atoms with Gasteiger partial charge in [0, 0.05) is 12.6 Å². The van der Waals surface area contributed by atoms with Crippen LogP contribution in [0.2, 0.25) is 0 Å². The molecule has 128 valence electrons. The highest BCUT2D eigenvalue weighted by Gasteiger charge is 2.23. The molecule has 2 rings (SSSR count). The van der Waals surface area contributed by atoms with Gasteiger partial charge in [0.15, 0.2) is 17.5 Å². The van der Waals surface area contributed by atoms with Crippen molar-refractivity contribution in [2.45, 2.75) is 6.92 Å². The van der Waals surface area contributed by atoms with Gasteiger partial charge >= 0.3 is 0 Å². The molecular formula is C17H12F3N3O2. The van der Waals surface area contributed by atoms with Crippen molar-refractivity contribution in [3.05, 3.63) is 59.4 Å². The highest BCUT2D eigenvalue weighted by atomic mass is 19.2. The maximum atomic E-state index is 13.9. The van der Waals surface area contributed by atoms with E-state index >= 15 is 0 Å². The molecular weight excluding hydrogens is 335 g/mol. The Hall–Kier alpha value is -3.34. The maximum Gasteiger partial charge on any atom is 0.244 e. The van der Waals surface area contributed by atoms with Crippen LogP contribution in [0.5, 0.6) is 0 Å². The van der Waals surface area contributed by atoms with Crippen LogP contribution in [0.15, 0.2) is 36.4 Å². The molecule has 0 aliphatic rings. The molecule has 25 heavy (non-hydrogen) atoms. The summed E-state index contributed by atoms with van der Waals surface area (Å²) in [6.45, 7) is 0.465. The molecule has 0 saturated carbocycles. The zero-order chi connectivity index (χ0) is 18.6. The fourth-order valence-corrected chi connectivity index (χ4v) is 2.06. The van der Waals surface area contributed by atoms with Gasteiger partial charge in [0.25, 0.3) is 0 Å². The van der Waals surface area contributed by atoms with Gasteiger partial charge < -0.3 is 10.2 Å². The number of nitrogens with zero attached hydrogens (tertiary/aromatic N) is 2. The summed E-state index contributed by atoms with van der Waals surface area (Å²) in [5.41, 5.74) is 0.215. The molecule has 0 heterocycles. The number of benzene rings is 2. The Bertz CT molecular complexity index is 861. The molecule has 2 aromatic rings. The van der Waals surface area contributed by atoms with E-state index < -0.39 is 41.5 Å².